The lowest BCUT2D eigenvalue weighted by Gasteiger charge is -2.04. The Kier molecular flexibility index (Phi) is 6.49. The van der Waals surface area contributed by atoms with Crippen molar-refractivity contribution < 1.29 is 9.84 Å². The van der Waals surface area contributed by atoms with Crippen LogP contribution >= 0.6 is 0 Å². The lowest BCUT2D eigenvalue weighted by Crippen LogP contribution is -2.00. The standard InChI is InChI=1S/C12H20N2O2/c1-2-3-4-5-6-7-16-12-9-13-11(10-15)8-14-12/h8-9,15H,2-7,10H2,1H3. The first-order valence-corrected chi connectivity index (χ1v) is 5.91. The number of hydrogen-bond donors (Lipinski definition) is 1. The average Bonchev–Trinajstić information content (AvgIpc) is 2.34. The molecule has 1 heterocycles. The highest BCUT2D eigenvalue weighted by Gasteiger charge is 1.97. The highest BCUT2D eigenvalue weighted by molar-refractivity contribution is 5.06. The summed E-state index contributed by atoms with van der Waals surface area (Å²) in [6.45, 7) is 2.82. The third kappa shape index (κ3) is 5.07. The largest absolute Gasteiger partial charge is 0.477 e. The molecule has 0 unspecified atom stereocenters. The summed E-state index contributed by atoms with van der Waals surface area (Å²) >= 11 is 0. The smallest absolute Gasteiger partial charge is 0.232 e. The molecule has 4 nitrogen and oxygen atoms in total. The molecule has 0 saturated heterocycles. The van der Waals surface area contributed by atoms with Gasteiger partial charge < -0.3 is 9.84 Å². The maximum Gasteiger partial charge on any atom is 0.232 e. The van der Waals surface area contributed by atoms with Crippen molar-refractivity contribution in [3.8, 4) is 5.88 Å². The third-order valence-electron chi connectivity index (χ3n) is 2.34. The van der Waals surface area contributed by atoms with Crippen molar-refractivity contribution in [1.29, 1.82) is 0 Å². The molecule has 0 bridgehead atoms. The Hall–Kier alpha value is -1.16. The second kappa shape index (κ2) is 8.05. The number of nitrogens with zero attached hydrogens (tertiary/aromatic N) is 2. The van der Waals surface area contributed by atoms with Gasteiger partial charge in [-0.1, -0.05) is 32.6 Å². The van der Waals surface area contributed by atoms with E-state index >= 15 is 0 Å². The van der Waals surface area contributed by atoms with Crippen LogP contribution in [-0.2, 0) is 6.61 Å². The maximum atomic E-state index is 8.78. The predicted octanol–water partition coefficient (Wildman–Crippen LogP) is 2.32. The number of rotatable bonds is 8. The monoisotopic (exact) mass is 224 g/mol. The summed E-state index contributed by atoms with van der Waals surface area (Å²) in [5.74, 6) is 0.535. The van der Waals surface area contributed by atoms with Crippen LogP contribution in [0.2, 0.25) is 0 Å². The van der Waals surface area contributed by atoms with E-state index in [1.54, 1.807) is 6.20 Å². The Morgan fingerprint density at radius 2 is 1.94 bits per heavy atom. The van der Waals surface area contributed by atoms with Crippen molar-refractivity contribution in [3.05, 3.63) is 18.1 Å². The first kappa shape index (κ1) is 12.9. The molecule has 0 aliphatic rings. The summed E-state index contributed by atoms with van der Waals surface area (Å²) in [5, 5.41) is 8.78. The summed E-state index contributed by atoms with van der Waals surface area (Å²) < 4.78 is 5.43. The van der Waals surface area contributed by atoms with Crippen LogP contribution in [0.5, 0.6) is 5.88 Å². The second-order valence-electron chi connectivity index (χ2n) is 3.77. The zero-order valence-electron chi connectivity index (χ0n) is 9.85. The van der Waals surface area contributed by atoms with E-state index in [0.29, 0.717) is 18.2 Å². The molecule has 0 aliphatic carbocycles. The average molecular weight is 224 g/mol. The molecule has 0 aliphatic heterocycles. The van der Waals surface area contributed by atoms with Crippen LogP contribution in [0.25, 0.3) is 0 Å². The van der Waals surface area contributed by atoms with Gasteiger partial charge >= 0.3 is 0 Å². The number of ether oxygens (including phenoxy) is 1. The Balaban J connectivity index is 2.12. The van der Waals surface area contributed by atoms with Crippen LogP contribution in [0.1, 0.15) is 44.7 Å². The second-order valence-corrected chi connectivity index (χ2v) is 3.77. The summed E-state index contributed by atoms with van der Waals surface area (Å²) in [5.41, 5.74) is 0.565. The Morgan fingerprint density at radius 1 is 1.12 bits per heavy atom. The topological polar surface area (TPSA) is 55.2 Å². The SMILES string of the molecule is CCCCCCCOc1cnc(CO)cn1. The molecule has 0 spiro atoms. The van der Waals surface area contributed by atoms with Gasteiger partial charge in [0.25, 0.3) is 0 Å². The molecule has 90 valence electrons. The van der Waals surface area contributed by atoms with E-state index in [4.69, 9.17) is 9.84 Å². The summed E-state index contributed by atoms with van der Waals surface area (Å²) in [7, 11) is 0. The van der Waals surface area contributed by atoms with Gasteiger partial charge in [0.2, 0.25) is 5.88 Å². The summed E-state index contributed by atoms with van der Waals surface area (Å²) in [6.07, 6.45) is 9.18. The van der Waals surface area contributed by atoms with Gasteiger partial charge in [0.1, 0.15) is 0 Å². The van der Waals surface area contributed by atoms with E-state index in [2.05, 4.69) is 16.9 Å². The predicted molar refractivity (Wildman–Crippen MR) is 62.2 cm³/mol. The van der Waals surface area contributed by atoms with Gasteiger partial charge in [-0.2, -0.15) is 0 Å². The minimum Gasteiger partial charge on any atom is -0.477 e. The highest BCUT2D eigenvalue weighted by Crippen LogP contribution is 2.06. The Labute approximate surface area is 96.7 Å². The van der Waals surface area contributed by atoms with Gasteiger partial charge in [0.05, 0.1) is 31.3 Å². The molecular formula is C12H20N2O2. The highest BCUT2D eigenvalue weighted by atomic mass is 16.5. The molecule has 0 radical (unpaired) electrons. The first-order chi connectivity index (χ1) is 7.86. The van der Waals surface area contributed by atoms with Crippen molar-refractivity contribution in [2.75, 3.05) is 6.61 Å². The van der Waals surface area contributed by atoms with Crippen molar-refractivity contribution in [3.63, 3.8) is 0 Å². The van der Waals surface area contributed by atoms with Crippen LogP contribution in [0.15, 0.2) is 12.4 Å². The molecule has 1 aromatic rings. The van der Waals surface area contributed by atoms with Gasteiger partial charge in [-0.05, 0) is 6.42 Å². The van der Waals surface area contributed by atoms with Crippen molar-refractivity contribution in [1.82, 2.24) is 9.97 Å². The molecule has 0 fully saturated rings. The van der Waals surface area contributed by atoms with Gasteiger partial charge in [0.15, 0.2) is 0 Å². The molecule has 16 heavy (non-hydrogen) atoms. The third-order valence-corrected chi connectivity index (χ3v) is 2.34. The minimum atomic E-state index is -0.0791. The Bertz CT molecular complexity index is 275. The van der Waals surface area contributed by atoms with Crippen molar-refractivity contribution in [2.24, 2.45) is 0 Å². The fourth-order valence-corrected chi connectivity index (χ4v) is 1.38. The molecule has 1 N–H and O–H groups in total. The molecule has 0 atom stereocenters. The van der Waals surface area contributed by atoms with Crippen LogP contribution < -0.4 is 4.74 Å². The van der Waals surface area contributed by atoms with Crippen LogP contribution in [-0.4, -0.2) is 21.7 Å². The molecule has 1 aromatic heterocycles. The first-order valence-electron chi connectivity index (χ1n) is 5.91. The molecule has 0 aromatic carbocycles. The maximum absolute atomic E-state index is 8.78. The van der Waals surface area contributed by atoms with E-state index in [9.17, 15) is 0 Å². The lowest BCUT2D eigenvalue weighted by molar-refractivity contribution is 0.272. The van der Waals surface area contributed by atoms with Crippen LogP contribution in [0.3, 0.4) is 0 Å². The number of hydrogen-bond acceptors (Lipinski definition) is 4. The van der Waals surface area contributed by atoms with E-state index in [0.717, 1.165) is 6.42 Å². The lowest BCUT2D eigenvalue weighted by atomic mass is 10.2. The van der Waals surface area contributed by atoms with Crippen molar-refractivity contribution >= 4 is 0 Å². The molecule has 0 saturated carbocycles. The number of aliphatic hydroxyl groups is 1. The van der Waals surface area contributed by atoms with Gasteiger partial charge in [-0.25, -0.2) is 4.98 Å². The summed E-state index contributed by atoms with van der Waals surface area (Å²) in [4.78, 5) is 8.03. The fourth-order valence-electron chi connectivity index (χ4n) is 1.38. The summed E-state index contributed by atoms with van der Waals surface area (Å²) in [6, 6.07) is 0. The zero-order valence-corrected chi connectivity index (χ0v) is 9.85. The van der Waals surface area contributed by atoms with Crippen molar-refractivity contribution in [2.45, 2.75) is 45.6 Å². The fraction of sp³-hybridized carbons (Fsp3) is 0.667. The molecule has 0 amide bonds. The van der Waals surface area contributed by atoms with Gasteiger partial charge in [0, 0.05) is 0 Å². The van der Waals surface area contributed by atoms with Crippen LogP contribution in [0, 0.1) is 0 Å². The number of aliphatic hydroxyl groups excluding tert-OH is 1. The number of unbranched alkanes of at least 4 members (excludes halogenated alkanes) is 4. The molecular weight excluding hydrogens is 204 g/mol. The minimum absolute atomic E-state index is 0.0791. The van der Waals surface area contributed by atoms with Gasteiger partial charge in [-0.3, -0.25) is 4.98 Å². The van der Waals surface area contributed by atoms with E-state index in [-0.39, 0.29) is 6.61 Å². The zero-order chi connectivity index (χ0) is 11.6. The number of aromatic nitrogens is 2. The molecule has 1 rings (SSSR count). The van der Waals surface area contributed by atoms with E-state index in [1.807, 2.05) is 0 Å². The quantitative estimate of drug-likeness (QED) is 0.688. The Morgan fingerprint density at radius 3 is 2.56 bits per heavy atom. The van der Waals surface area contributed by atoms with Crippen LogP contribution in [0.4, 0.5) is 0 Å². The normalized spacial score (nSPS) is 10.4. The van der Waals surface area contributed by atoms with Gasteiger partial charge in [-0.15, -0.1) is 0 Å². The molecule has 4 heteroatoms. The van der Waals surface area contributed by atoms with E-state index < -0.39 is 0 Å². The van der Waals surface area contributed by atoms with E-state index in [1.165, 1.54) is 31.9 Å².